The van der Waals surface area contributed by atoms with Crippen molar-refractivity contribution in [2.45, 2.75) is 194 Å². The SMILES string of the molecule is Cc1ccc2c(n1)oc1c(N3c4ccccc4N(C)C3C)c(C)ccc12.Cc1ccc2c(n1)oc1c(N3c4ncccc4N(C)C3C)c(C)ccc12.[2H]C(C)(C)N1c2ccccc2N(c2c(C)ccc3c2oc2nc(C)ccc23)C1C.[2H]C(C)(C)N1c2ccccc2N(c2c(C)ccc3c2oc2nc(C)ccc23)C1C.[2H]C(C)(C)N1c2cccnc2N(c2c(C)ccc3c2oc2nc(C)ccc23)C1C. The Balaban J connectivity index is 0.000000103. The highest BCUT2D eigenvalue weighted by Crippen LogP contribution is 2.56. The molecule has 5 aliphatic heterocycles. The molecule has 12 aromatic heterocycles. The lowest BCUT2D eigenvalue weighted by Crippen LogP contribution is -2.42. The topological polar surface area (TPSA) is 188 Å². The van der Waals surface area contributed by atoms with E-state index in [4.69, 9.17) is 31.2 Å². The van der Waals surface area contributed by atoms with E-state index in [1.807, 2.05) is 143 Å². The molecule has 22 nitrogen and oxygen atoms in total. The third-order valence-corrected chi connectivity index (χ3v) is 27.8. The second-order valence-corrected chi connectivity index (χ2v) is 37.4. The minimum Gasteiger partial charge on any atom is -0.435 e. The van der Waals surface area contributed by atoms with Crippen LogP contribution in [0.25, 0.3) is 110 Å². The van der Waals surface area contributed by atoms with E-state index in [9.17, 15) is 0 Å². The van der Waals surface area contributed by atoms with Gasteiger partial charge in [0.25, 0.3) is 0 Å². The lowest BCUT2D eigenvalue weighted by Gasteiger charge is -2.33. The smallest absolute Gasteiger partial charge is 0.227 e. The summed E-state index contributed by atoms with van der Waals surface area (Å²) in [6.07, 6.45) is 3.87. The molecule has 20 aromatic rings. The third kappa shape index (κ3) is 14.1. The van der Waals surface area contributed by atoms with Crippen LogP contribution >= 0.6 is 0 Å². The normalized spacial score (nSPS) is 17.2. The highest BCUT2D eigenvalue weighted by atomic mass is 16.4. The van der Waals surface area contributed by atoms with Crippen LogP contribution in [-0.4, -0.2) is 97.9 Å². The molecule has 5 atom stereocenters. The maximum atomic E-state index is 8.74. The predicted molar refractivity (Wildman–Crippen MR) is 560 cm³/mol. The Hall–Kier alpha value is -15.2. The number of aromatic nitrogens is 7. The fourth-order valence-electron chi connectivity index (χ4n) is 21.3. The first-order valence-electron chi connectivity index (χ1n) is 48.4. The second-order valence-electron chi connectivity index (χ2n) is 37.4. The summed E-state index contributed by atoms with van der Waals surface area (Å²) in [7, 11) is 4.24. The molecule has 0 bridgehead atoms. The zero-order valence-electron chi connectivity index (χ0n) is 84.5. The van der Waals surface area contributed by atoms with E-state index in [-0.39, 0.29) is 30.8 Å². The summed E-state index contributed by atoms with van der Waals surface area (Å²) in [4.78, 5) is 54.7. The Morgan fingerprint density at radius 3 is 0.779 bits per heavy atom. The molecular weight excluding hydrogens is 1690 g/mol. The van der Waals surface area contributed by atoms with Crippen molar-refractivity contribution in [3.05, 3.63) is 287 Å². The van der Waals surface area contributed by atoms with E-state index >= 15 is 0 Å². The van der Waals surface area contributed by atoms with E-state index in [0.717, 1.165) is 207 Å². The Bertz CT molecular complexity index is 7670. The zero-order chi connectivity index (χ0) is 97.5. The van der Waals surface area contributed by atoms with Crippen molar-refractivity contribution < 1.29 is 26.2 Å². The zero-order valence-corrected chi connectivity index (χ0v) is 81.5. The molecule has 0 saturated heterocycles. The van der Waals surface area contributed by atoms with Gasteiger partial charge in [0.05, 0.1) is 78.0 Å². The fourth-order valence-corrected chi connectivity index (χ4v) is 21.3. The van der Waals surface area contributed by atoms with Gasteiger partial charge < -0.3 is 71.1 Å². The number of nitrogens with zero attached hydrogens (tertiary/aromatic N) is 17. The summed E-state index contributed by atoms with van der Waals surface area (Å²) in [5.41, 5.74) is 32.3. The molecule has 25 rings (SSSR count). The Morgan fingerprint density at radius 2 is 0.463 bits per heavy atom. The van der Waals surface area contributed by atoms with Crippen molar-refractivity contribution >= 4 is 196 Å². The van der Waals surface area contributed by atoms with Crippen molar-refractivity contribution in [3.63, 3.8) is 0 Å². The molecule has 0 spiro atoms. The van der Waals surface area contributed by atoms with Gasteiger partial charge in [0.1, 0.15) is 30.8 Å². The number of hydrogen-bond donors (Lipinski definition) is 0. The van der Waals surface area contributed by atoms with Crippen LogP contribution in [0.3, 0.4) is 0 Å². The van der Waals surface area contributed by atoms with Crippen molar-refractivity contribution in [3.8, 4) is 0 Å². The number of rotatable bonds is 8. The highest BCUT2D eigenvalue weighted by Gasteiger charge is 2.43. The van der Waals surface area contributed by atoms with Gasteiger partial charge in [-0.25, -0.2) is 34.9 Å². The van der Waals surface area contributed by atoms with Crippen LogP contribution in [0, 0.1) is 69.2 Å². The minimum absolute atomic E-state index is 0.0212. The van der Waals surface area contributed by atoms with Gasteiger partial charge in [0.15, 0.2) is 39.6 Å². The maximum Gasteiger partial charge on any atom is 0.227 e. The van der Waals surface area contributed by atoms with Gasteiger partial charge in [-0.05, 0) is 295 Å². The standard InChI is InChI=1S/2C24H25N3O.C23H24N4O.C22H21N3O.C21H20N4O/c2*1-14(2)26-17(5)27(21-9-7-6-8-20(21)26)22-15(3)10-12-18-19-13-11-16(4)25-24(19)28-23(18)22;1-13(2)26-16(5)27(22-19(26)7-6-12-24-22)20-14(3)8-10-17-18-11-9-15(4)25-23(18)28-21(17)20;1-13-9-11-16-17-12-10-14(2)23-22(17)26-21(16)20(13)25-15(3)24(4)18-7-5-6-8-19(18)25;1-12-7-9-15-16-10-8-13(2)23-21(16)26-19(15)18(12)25-14(3)24(4)17-6-5-11-22-20(17)25/h2*6-14,17H,1-5H3;6-13,16H,1-5H3;5-12,15H,1-4H3;5-11,14H,1-4H3/i2*14D;13D;;. The molecule has 5 aliphatic rings. The summed E-state index contributed by atoms with van der Waals surface area (Å²) < 4.78 is 57.7. The summed E-state index contributed by atoms with van der Waals surface area (Å²) in [6, 6.07) is 72.9. The number of aryl methyl sites for hydroxylation is 10. The molecule has 8 aromatic carbocycles. The predicted octanol–water partition coefficient (Wildman–Crippen LogP) is 28.8. The molecule has 0 fully saturated rings. The molecule has 0 saturated carbocycles. The summed E-state index contributed by atoms with van der Waals surface area (Å²) in [6.45, 7) is 42.9. The monoisotopic (exact) mass is 1800 g/mol. The number of benzene rings is 8. The van der Waals surface area contributed by atoms with Crippen LogP contribution in [0.15, 0.2) is 253 Å². The second kappa shape index (κ2) is 33.8. The Kier molecular flexibility index (Phi) is 20.8. The average molecular weight is 1810 g/mol. The van der Waals surface area contributed by atoms with Gasteiger partial charge in [-0.2, -0.15) is 0 Å². The lowest BCUT2D eigenvalue weighted by molar-refractivity contribution is 0.601. The largest absolute Gasteiger partial charge is 0.435 e. The number of furan rings is 5. The quantitative estimate of drug-likeness (QED) is 0.140. The highest BCUT2D eigenvalue weighted by molar-refractivity contribution is 6.15. The first kappa shape index (κ1) is 83.9. The molecule has 0 N–H and O–H groups in total. The number of para-hydroxylation sites is 6. The molecular formula is C114H115N17O5. The van der Waals surface area contributed by atoms with E-state index in [0.29, 0.717) is 28.6 Å². The van der Waals surface area contributed by atoms with Gasteiger partial charge in [-0.3, -0.25) is 0 Å². The van der Waals surface area contributed by atoms with Gasteiger partial charge in [0.2, 0.25) is 28.6 Å². The van der Waals surface area contributed by atoms with Gasteiger partial charge in [-0.15, -0.1) is 0 Å². The molecule has 17 heterocycles. The van der Waals surface area contributed by atoms with Crippen LogP contribution in [0.5, 0.6) is 0 Å². The van der Waals surface area contributed by atoms with E-state index in [1.54, 1.807) is 6.20 Å². The van der Waals surface area contributed by atoms with Gasteiger partial charge >= 0.3 is 0 Å². The Labute approximate surface area is 796 Å². The van der Waals surface area contributed by atoms with Crippen molar-refractivity contribution in [1.82, 2.24) is 34.9 Å². The number of anilines is 15. The summed E-state index contributed by atoms with van der Waals surface area (Å²) >= 11 is 0. The number of pyridine rings is 7. The van der Waals surface area contributed by atoms with Crippen LogP contribution < -0.4 is 49.0 Å². The first-order valence-corrected chi connectivity index (χ1v) is 46.9. The number of hydrogen-bond acceptors (Lipinski definition) is 22. The van der Waals surface area contributed by atoms with Crippen molar-refractivity contribution in [2.75, 3.05) is 63.1 Å². The van der Waals surface area contributed by atoms with Crippen molar-refractivity contribution in [2.24, 2.45) is 0 Å². The molecule has 22 heteroatoms. The van der Waals surface area contributed by atoms with Gasteiger partial charge in [0, 0.05) is 127 Å². The molecule has 0 aliphatic carbocycles. The molecule has 136 heavy (non-hydrogen) atoms. The minimum atomic E-state index is -0.791. The van der Waals surface area contributed by atoms with Crippen LogP contribution in [0.2, 0.25) is 0 Å². The van der Waals surface area contributed by atoms with Crippen LogP contribution in [0.1, 0.15) is 137 Å². The fraction of sp³-hybridized carbons (Fsp3) is 0.272. The molecule has 686 valence electrons. The average Bonchev–Trinajstić information content (AvgIpc) is 1.57. The lowest BCUT2D eigenvalue weighted by atomic mass is 10.1. The van der Waals surface area contributed by atoms with E-state index in [2.05, 4.69) is 320 Å². The van der Waals surface area contributed by atoms with Crippen LogP contribution in [0.4, 0.5) is 85.6 Å². The van der Waals surface area contributed by atoms with Crippen LogP contribution in [-0.2, 0) is 0 Å². The van der Waals surface area contributed by atoms with E-state index < -0.39 is 18.1 Å². The maximum absolute atomic E-state index is 8.74. The third-order valence-electron chi connectivity index (χ3n) is 27.8. The molecule has 0 amide bonds. The molecule has 5 unspecified atom stereocenters. The van der Waals surface area contributed by atoms with Gasteiger partial charge in [-0.1, -0.05) is 97.1 Å². The van der Waals surface area contributed by atoms with Crippen molar-refractivity contribution in [1.29, 1.82) is 0 Å². The first-order chi connectivity index (χ1) is 66.4. The Morgan fingerprint density at radius 1 is 0.243 bits per heavy atom. The molecule has 0 radical (unpaired) electrons. The number of fused-ring (bicyclic) bond motifs is 20. The summed E-state index contributed by atoms with van der Waals surface area (Å²) in [5.74, 6) is 1.81. The van der Waals surface area contributed by atoms with E-state index in [1.165, 1.54) is 16.9 Å². The summed E-state index contributed by atoms with van der Waals surface area (Å²) in [5, 5.41) is 10.6.